The number of primary amides is 1. The van der Waals surface area contributed by atoms with Crippen molar-refractivity contribution < 1.29 is 13.2 Å². The van der Waals surface area contributed by atoms with E-state index in [-0.39, 0.29) is 11.8 Å². The van der Waals surface area contributed by atoms with Crippen LogP contribution in [0.1, 0.15) is 24.3 Å². The number of benzene rings is 2. The molecule has 1 aliphatic heterocycles. The molecule has 1 amide bonds. The van der Waals surface area contributed by atoms with Gasteiger partial charge in [0.25, 0.3) is 0 Å². The number of sulfone groups is 1. The maximum Gasteiger partial charge on any atom is 0.245 e. The van der Waals surface area contributed by atoms with E-state index in [1.165, 1.54) is 11.8 Å². The SMILES string of the molecule is CS(=O)(=O)CNc1cccc(-c2ccc3cnc(Nc4ccc(C5CCN(CC(N)=O)CC5)cc4)nn23)c1. The maximum atomic E-state index is 11.5. The first-order valence-electron chi connectivity index (χ1n) is 12.5. The second-order valence-corrected chi connectivity index (χ2v) is 11.9. The van der Waals surface area contributed by atoms with E-state index >= 15 is 0 Å². The summed E-state index contributed by atoms with van der Waals surface area (Å²) in [6.45, 7) is 2.07. The lowest BCUT2D eigenvalue weighted by atomic mass is 9.89. The third kappa shape index (κ3) is 6.29. The van der Waals surface area contributed by atoms with Crippen molar-refractivity contribution in [3.05, 3.63) is 72.4 Å². The highest BCUT2D eigenvalue weighted by molar-refractivity contribution is 7.90. The van der Waals surface area contributed by atoms with Gasteiger partial charge in [-0.15, -0.1) is 5.10 Å². The zero-order valence-electron chi connectivity index (χ0n) is 21.2. The fourth-order valence-corrected chi connectivity index (χ4v) is 5.22. The highest BCUT2D eigenvalue weighted by atomic mass is 32.2. The lowest BCUT2D eigenvalue weighted by molar-refractivity contribution is -0.119. The monoisotopic (exact) mass is 533 g/mol. The lowest BCUT2D eigenvalue weighted by Crippen LogP contribution is -2.39. The Morgan fingerprint density at radius 2 is 1.82 bits per heavy atom. The Morgan fingerprint density at radius 1 is 1.05 bits per heavy atom. The van der Waals surface area contributed by atoms with Gasteiger partial charge >= 0.3 is 0 Å². The van der Waals surface area contributed by atoms with Crippen LogP contribution in [0.3, 0.4) is 0 Å². The molecular weight excluding hydrogens is 502 g/mol. The lowest BCUT2D eigenvalue weighted by Gasteiger charge is -2.31. The largest absolute Gasteiger partial charge is 0.372 e. The average Bonchev–Trinajstić information content (AvgIpc) is 3.31. The summed E-state index contributed by atoms with van der Waals surface area (Å²) in [7, 11) is -3.14. The van der Waals surface area contributed by atoms with Gasteiger partial charge in [0, 0.05) is 23.2 Å². The summed E-state index contributed by atoms with van der Waals surface area (Å²) in [5.74, 6) is 0.524. The van der Waals surface area contributed by atoms with Gasteiger partial charge in [0.05, 0.1) is 24.0 Å². The summed E-state index contributed by atoms with van der Waals surface area (Å²) in [5.41, 5.74) is 10.8. The van der Waals surface area contributed by atoms with Crippen molar-refractivity contribution in [2.75, 3.05) is 42.4 Å². The average molecular weight is 534 g/mol. The van der Waals surface area contributed by atoms with Crippen LogP contribution in [-0.4, -0.2) is 65.6 Å². The molecule has 0 saturated carbocycles. The normalized spacial score (nSPS) is 15.0. The van der Waals surface area contributed by atoms with Crippen LogP contribution >= 0.6 is 0 Å². The molecule has 0 spiro atoms. The van der Waals surface area contributed by atoms with E-state index in [1.807, 2.05) is 53.0 Å². The van der Waals surface area contributed by atoms with Crippen molar-refractivity contribution in [2.24, 2.45) is 5.73 Å². The van der Waals surface area contributed by atoms with E-state index in [4.69, 9.17) is 10.8 Å². The van der Waals surface area contributed by atoms with E-state index in [0.717, 1.165) is 48.4 Å². The number of carbonyl (C=O) groups excluding carboxylic acids is 1. The van der Waals surface area contributed by atoms with E-state index in [2.05, 4.69) is 32.7 Å². The molecule has 3 heterocycles. The molecule has 1 aliphatic rings. The van der Waals surface area contributed by atoms with Crippen LogP contribution in [0.4, 0.5) is 17.3 Å². The third-order valence-corrected chi connectivity index (χ3v) is 7.37. The van der Waals surface area contributed by atoms with Crippen molar-refractivity contribution in [3.63, 3.8) is 0 Å². The van der Waals surface area contributed by atoms with Gasteiger partial charge in [-0.05, 0) is 73.8 Å². The van der Waals surface area contributed by atoms with Crippen LogP contribution < -0.4 is 16.4 Å². The number of hydrogen-bond acceptors (Lipinski definition) is 8. The Balaban J connectivity index is 1.28. The smallest absolute Gasteiger partial charge is 0.245 e. The minimum absolute atomic E-state index is 0.130. The fourth-order valence-electron chi connectivity index (χ4n) is 4.79. The Hall–Kier alpha value is -3.96. The van der Waals surface area contributed by atoms with Gasteiger partial charge in [0.15, 0.2) is 9.84 Å². The maximum absolute atomic E-state index is 11.5. The summed E-state index contributed by atoms with van der Waals surface area (Å²) in [4.78, 5) is 17.7. The molecule has 198 valence electrons. The number of anilines is 3. The minimum Gasteiger partial charge on any atom is -0.372 e. The molecule has 0 atom stereocenters. The fraction of sp³-hybridized carbons (Fsp3) is 0.296. The van der Waals surface area contributed by atoms with Crippen molar-refractivity contribution >= 4 is 38.6 Å². The van der Waals surface area contributed by atoms with Crippen molar-refractivity contribution in [2.45, 2.75) is 18.8 Å². The van der Waals surface area contributed by atoms with E-state index in [0.29, 0.717) is 24.1 Å². The first-order valence-corrected chi connectivity index (χ1v) is 14.5. The number of nitrogens with one attached hydrogen (secondary N) is 2. The van der Waals surface area contributed by atoms with Gasteiger partial charge in [-0.3, -0.25) is 9.69 Å². The van der Waals surface area contributed by atoms with Crippen molar-refractivity contribution in [1.82, 2.24) is 19.5 Å². The van der Waals surface area contributed by atoms with E-state index in [9.17, 15) is 13.2 Å². The number of nitrogens with zero attached hydrogens (tertiary/aromatic N) is 4. The molecule has 0 radical (unpaired) electrons. The van der Waals surface area contributed by atoms with Crippen LogP contribution in [0.5, 0.6) is 0 Å². The highest BCUT2D eigenvalue weighted by Crippen LogP contribution is 2.29. The van der Waals surface area contributed by atoms with E-state index < -0.39 is 9.84 Å². The third-order valence-electron chi connectivity index (χ3n) is 6.70. The summed E-state index contributed by atoms with van der Waals surface area (Å²) in [6.07, 6.45) is 4.96. The standard InChI is InChI=1S/C27H31N7O3S/c1-38(36,37)18-30-23-4-2-3-21(15-23)25-10-9-24-16-29-27(32-34(24)25)31-22-7-5-19(6-8-22)20-11-13-33(14-12-20)17-26(28)35/h2-10,15-16,20,30H,11-14,17-18H2,1H3,(H2,28,35)(H,31,32). The molecule has 1 saturated heterocycles. The van der Waals surface area contributed by atoms with Gasteiger partial charge < -0.3 is 16.4 Å². The molecule has 1 fully saturated rings. The van der Waals surface area contributed by atoms with Crippen LogP contribution in [-0.2, 0) is 14.6 Å². The topological polar surface area (TPSA) is 135 Å². The van der Waals surface area contributed by atoms with Gasteiger partial charge in [-0.25, -0.2) is 17.9 Å². The van der Waals surface area contributed by atoms with Gasteiger partial charge in [-0.2, -0.15) is 0 Å². The Labute approximate surface area is 221 Å². The van der Waals surface area contributed by atoms with Gasteiger partial charge in [-0.1, -0.05) is 24.3 Å². The first kappa shape index (κ1) is 25.7. The zero-order valence-corrected chi connectivity index (χ0v) is 22.0. The zero-order chi connectivity index (χ0) is 26.7. The molecule has 2 aromatic carbocycles. The molecular formula is C27H31N7O3S. The molecule has 4 aromatic rings. The summed E-state index contributed by atoms with van der Waals surface area (Å²) >= 11 is 0. The van der Waals surface area contributed by atoms with Crippen molar-refractivity contribution in [3.8, 4) is 11.3 Å². The molecule has 0 bridgehead atoms. The Bertz CT molecular complexity index is 1540. The number of piperidine rings is 1. The van der Waals surface area contributed by atoms with E-state index in [1.54, 1.807) is 6.20 Å². The Morgan fingerprint density at radius 3 is 2.53 bits per heavy atom. The molecule has 10 nitrogen and oxygen atoms in total. The molecule has 4 N–H and O–H groups in total. The van der Waals surface area contributed by atoms with Gasteiger partial charge in [0.1, 0.15) is 5.88 Å². The molecule has 5 rings (SSSR count). The number of likely N-dealkylation sites (tertiary alicyclic amines) is 1. The second kappa shape index (κ2) is 10.8. The van der Waals surface area contributed by atoms with Crippen LogP contribution in [0.2, 0.25) is 0 Å². The number of rotatable bonds is 9. The number of amides is 1. The number of fused-ring (bicyclic) bond motifs is 1. The summed E-state index contributed by atoms with van der Waals surface area (Å²) in [5, 5.41) is 10.9. The first-order chi connectivity index (χ1) is 18.2. The summed E-state index contributed by atoms with van der Waals surface area (Å²) < 4.78 is 24.9. The molecule has 11 heteroatoms. The van der Waals surface area contributed by atoms with Gasteiger partial charge in [0.2, 0.25) is 11.9 Å². The Kier molecular flexibility index (Phi) is 7.30. The second-order valence-electron chi connectivity index (χ2n) is 9.73. The van der Waals surface area contributed by atoms with Crippen LogP contribution in [0, 0.1) is 0 Å². The number of hydrogen-bond donors (Lipinski definition) is 3. The summed E-state index contributed by atoms with van der Waals surface area (Å²) in [6, 6.07) is 19.8. The quantitative estimate of drug-likeness (QED) is 0.299. The number of carbonyl (C=O) groups is 1. The van der Waals surface area contributed by atoms with Crippen LogP contribution in [0.15, 0.2) is 66.9 Å². The number of nitrogens with two attached hydrogens (primary N) is 1. The molecule has 2 aromatic heterocycles. The predicted octanol–water partition coefficient (Wildman–Crippen LogP) is 3.22. The molecule has 0 aliphatic carbocycles. The molecule has 38 heavy (non-hydrogen) atoms. The highest BCUT2D eigenvalue weighted by Gasteiger charge is 2.21. The number of aromatic nitrogens is 3. The molecule has 0 unspecified atom stereocenters. The van der Waals surface area contributed by atoms with Crippen molar-refractivity contribution in [1.29, 1.82) is 0 Å². The van der Waals surface area contributed by atoms with Crippen LogP contribution in [0.25, 0.3) is 16.8 Å². The predicted molar refractivity (Wildman–Crippen MR) is 149 cm³/mol. The minimum atomic E-state index is -3.14.